The highest BCUT2D eigenvalue weighted by atomic mass is 19.1. The van der Waals surface area contributed by atoms with Crippen molar-refractivity contribution >= 4 is 11.8 Å². The molecule has 2 aliphatic rings. The summed E-state index contributed by atoms with van der Waals surface area (Å²) in [4.78, 5) is 25.8. The third kappa shape index (κ3) is 2.81. The smallest absolute Gasteiger partial charge is 0.245 e. The number of hydrogen-bond donors (Lipinski definition) is 1. The molecule has 0 radical (unpaired) electrons. The summed E-state index contributed by atoms with van der Waals surface area (Å²) in [5.74, 6) is -0.142. The van der Waals surface area contributed by atoms with Gasteiger partial charge in [0.2, 0.25) is 11.8 Å². The monoisotopic (exact) mass is 276 g/mol. The fraction of sp³-hybridized carbons (Fsp3) is 0.467. The van der Waals surface area contributed by atoms with Gasteiger partial charge in [-0.3, -0.25) is 9.59 Å². The van der Waals surface area contributed by atoms with Crippen molar-refractivity contribution in [2.45, 2.75) is 31.8 Å². The molecule has 2 amide bonds. The molecule has 1 atom stereocenters. The van der Waals surface area contributed by atoms with Crippen molar-refractivity contribution in [3.8, 4) is 0 Å². The van der Waals surface area contributed by atoms with Crippen molar-refractivity contribution in [2.75, 3.05) is 6.54 Å². The molecule has 1 aromatic carbocycles. The second-order valence-electron chi connectivity index (χ2n) is 5.52. The fourth-order valence-corrected chi connectivity index (χ4v) is 2.61. The lowest BCUT2D eigenvalue weighted by Crippen LogP contribution is -2.45. The first-order chi connectivity index (χ1) is 9.63. The molecule has 1 N–H and O–H groups in total. The Bertz CT molecular complexity index is 542. The summed E-state index contributed by atoms with van der Waals surface area (Å²) in [5.41, 5.74) is 0.752. The van der Waals surface area contributed by atoms with E-state index in [9.17, 15) is 14.0 Å². The summed E-state index contributed by atoms with van der Waals surface area (Å²) in [5, 5.41) is 2.81. The van der Waals surface area contributed by atoms with E-state index in [4.69, 9.17) is 0 Å². The van der Waals surface area contributed by atoms with E-state index in [1.165, 1.54) is 12.1 Å². The molecular weight excluding hydrogens is 259 g/mol. The van der Waals surface area contributed by atoms with Crippen LogP contribution in [0.2, 0.25) is 0 Å². The molecule has 1 saturated heterocycles. The molecule has 0 bridgehead atoms. The second-order valence-corrected chi connectivity index (χ2v) is 5.52. The maximum atomic E-state index is 13.2. The van der Waals surface area contributed by atoms with E-state index in [1.54, 1.807) is 17.0 Å². The summed E-state index contributed by atoms with van der Waals surface area (Å²) < 4.78 is 13.2. The molecule has 0 aromatic heterocycles. The fourth-order valence-electron chi connectivity index (χ4n) is 2.61. The summed E-state index contributed by atoms with van der Waals surface area (Å²) >= 11 is 0. The molecular formula is C15H17FN2O2. The molecule has 5 heteroatoms. The summed E-state index contributed by atoms with van der Waals surface area (Å²) in [7, 11) is 0. The van der Waals surface area contributed by atoms with Gasteiger partial charge in [0.1, 0.15) is 11.9 Å². The van der Waals surface area contributed by atoms with Crippen molar-refractivity contribution in [3.63, 3.8) is 0 Å². The average Bonchev–Trinajstić information content (AvgIpc) is 3.24. The predicted molar refractivity (Wildman–Crippen MR) is 71.1 cm³/mol. The Morgan fingerprint density at radius 2 is 2.10 bits per heavy atom. The number of carbonyl (C=O) groups excluding carboxylic acids is 2. The highest BCUT2D eigenvalue weighted by molar-refractivity contribution is 5.90. The molecule has 4 nitrogen and oxygen atoms in total. The topological polar surface area (TPSA) is 49.4 Å². The first-order valence-electron chi connectivity index (χ1n) is 6.96. The summed E-state index contributed by atoms with van der Waals surface area (Å²) in [6.07, 6.45) is 2.29. The van der Waals surface area contributed by atoms with Crippen molar-refractivity contribution in [3.05, 3.63) is 35.6 Å². The van der Waals surface area contributed by atoms with Crippen LogP contribution in [0.5, 0.6) is 0 Å². The minimum absolute atomic E-state index is 0.0392. The summed E-state index contributed by atoms with van der Waals surface area (Å²) in [6.45, 7) is 0.749. The van der Waals surface area contributed by atoms with Gasteiger partial charge in [0, 0.05) is 19.5 Å². The predicted octanol–water partition coefficient (Wildman–Crippen LogP) is 1.45. The number of nitrogens with one attached hydrogen (secondary N) is 1. The van der Waals surface area contributed by atoms with E-state index in [0.717, 1.165) is 18.4 Å². The van der Waals surface area contributed by atoms with E-state index >= 15 is 0 Å². The van der Waals surface area contributed by atoms with Gasteiger partial charge < -0.3 is 10.2 Å². The van der Waals surface area contributed by atoms with Crippen molar-refractivity contribution in [2.24, 2.45) is 5.92 Å². The van der Waals surface area contributed by atoms with Gasteiger partial charge in [-0.25, -0.2) is 4.39 Å². The van der Waals surface area contributed by atoms with Gasteiger partial charge in [0.25, 0.3) is 0 Å². The van der Waals surface area contributed by atoms with Crippen molar-refractivity contribution < 1.29 is 14.0 Å². The normalized spacial score (nSPS) is 23.4. The van der Waals surface area contributed by atoms with Crippen LogP contribution >= 0.6 is 0 Å². The van der Waals surface area contributed by atoms with Crippen LogP contribution in [0.4, 0.5) is 4.39 Å². The molecule has 1 saturated carbocycles. The van der Waals surface area contributed by atoms with Gasteiger partial charge in [0.15, 0.2) is 0 Å². The Morgan fingerprint density at radius 3 is 2.80 bits per heavy atom. The number of benzene rings is 1. The molecule has 1 aliphatic carbocycles. The molecule has 0 spiro atoms. The first-order valence-corrected chi connectivity index (χ1v) is 6.96. The van der Waals surface area contributed by atoms with Crippen LogP contribution in [0.1, 0.15) is 24.8 Å². The van der Waals surface area contributed by atoms with Gasteiger partial charge in [0.05, 0.1) is 0 Å². The van der Waals surface area contributed by atoms with E-state index < -0.39 is 6.04 Å². The number of rotatable bonds is 3. The Labute approximate surface area is 117 Å². The molecule has 3 rings (SSSR count). The van der Waals surface area contributed by atoms with Crippen LogP contribution in [0.25, 0.3) is 0 Å². The van der Waals surface area contributed by atoms with Gasteiger partial charge in [-0.15, -0.1) is 0 Å². The van der Waals surface area contributed by atoms with E-state index in [-0.39, 0.29) is 23.5 Å². The highest BCUT2D eigenvalue weighted by Gasteiger charge is 2.40. The van der Waals surface area contributed by atoms with Gasteiger partial charge in [-0.2, -0.15) is 0 Å². The highest BCUT2D eigenvalue weighted by Crippen LogP contribution is 2.34. The Morgan fingerprint density at radius 1 is 1.30 bits per heavy atom. The number of carbonyl (C=O) groups is 2. The Kier molecular flexibility index (Phi) is 3.42. The van der Waals surface area contributed by atoms with Gasteiger partial charge >= 0.3 is 0 Å². The molecule has 106 valence electrons. The summed E-state index contributed by atoms with van der Waals surface area (Å²) in [6, 6.07) is 5.85. The van der Waals surface area contributed by atoms with Gasteiger partial charge in [-0.05, 0) is 36.5 Å². The molecule has 1 unspecified atom stereocenters. The standard InChI is InChI=1S/C15H17FN2O2/c16-12-3-1-2-10(8-12)9-18-7-6-13(19)17-14(15(18)20)11-4-5-11/h1-3,8,11,14H,4-7,9H2,(H,17,19). The lowest BCUT2D eigenvalue weighted by Gasteiger charge is -2.24. The zero-order valence-corrected chi connectivity index (χ0v) is 11.1. The zero-order chi connectivity index (χ0) is 14.1. The largest absolute Gasteiger partial charge is 0.344 e. The lowest BCUT2D eigenvalue weighted by atomic mass is 10.1. The molecule has 20 heavy (non-hydrogen) atoms. The zero-order valence-electron chi connectivity index (χ0n) is 11.1. The Hall–Kier alpha value is -1.91. The van der Waals surface area contributed by atoms with E-state index in [2.05, 4.69) is 5.32 Å². The third-order valence-electron chi connectivity index (χ3n) is 3.86. The average molecular weight is 276 g/mol. The van der Waals surface area contributed by atoms with Crippen LogP contribution < -0.4 is 5.32 Å². The van der Waals surface area contributed by atoms with Gasteiger partial charge in [-0.1, -0.05) is 12.1 Å². The van der Waals surface area contributed by atoms with E-state index in [0.29, 0.717) is 19.5 Å². The lowest BCUT2D eigenvalue weighted by molar-refractivity contribution is -0.134. The minimum Gasteiger partial charge on any atom is -0.344 e. The second kappa shape index (κ2) is 5.23. The van der Waals surface area contributed by atoms with Crippen LogP contribution in [-0.2, 0) is 16.1 Å². The number of halogens is 1. The number of amides is 2. The molecule has 1 aliphatic heterocycles. The molecule has 2 fully saturated rings. The number of hydrogen-bond acceptors (Lipinski definition) is 2. The minimum atomic E-state index is -0.390. The quantitative estimate of drug-likeness (QED) is 0.908. The van der Waals surface area contributed by atoms with Crippen LogP contribution in [0.15, 0.2) is 24.3 Å². The van der Waals surface area contributed by atoms with Crippen LogP contribution in [0, 0.1) is 11.7 Å². The molecule has 1 heterocycles. The van der Waals surface area contributed by atoms with Crippen molar-refractivity contribution in [1.82, 2.24) is 10.2 Å². The maximum absolute atomic E-state index is 13.2. The van der Waals surface area contributed by atoms with E-state index in [1.807, 2.05) is 0 Å². The molecule has 1 aromatic rings. The Balaban J connectivity index is 1.76. The van der Waals surface area contributed by atoms with Crippen molar-refractivity contribution in [1.29, 1.82) is 0 Å². The maximum Gasteiger partial charge on any atom is 0.245 e. The third-order valence-corrected chi connectivity index (χ3v) is 3.86. The van der Waals surface area contributed by atoms with Crippen LogP contribution in [0.3, 0.4) is 0 Å². The number of nitrogens with zero attached hydrogens (tertiary/aromatic N) is 1. The SMILES string of the molecule is O=C1CCN(Cc2cccc(F)c2)C(=O)C(C2CC2)N1. The first kappa shape index (κ1) is 13.1. The van der Waals surface area contributed by atoms with Crippen LogP contribution in [-0.4, -0.2) is 29.3 Å².